The van der Waals surface area contributed by atoms with Gasteiger partial charge in [0.05, 0.1) is 22.7 Å². The van der Waals surface area contributed by atoms with Crippen LogP contribution in [0, 0.1) is 16.0 Å². The van der Waals surface area contributed by atoms with E-state index in [9.17, 15) is 29.6 Å². The number of carbonyl (C=O) groups is 3. The highest BCUT2D eigenvalue weighted by Crippen LogP contribution is 2.35. The van der Waals surface area contributed by atoms with E-state index in [1.54, 1.807) is 11.1 Å². The third-order valence-electron chi connectivity index (χ3n) is 8.65. The number of carbonyl (C=O) groups excluding carboxylic acids is 2. The number of nitro groups is 1. The second-order valence-corrected chi connectivity index (χ2v) is 12.0. The zero-order valence-electron chi connectivity index (χ0n) is 26.3. The number of non-ortho nitro benzene ring substituents is 1. The van der Waals surface area contributed by atoms with Crippen LogP contribution in [0.1, 0.15) is 35.2 Å². The van der Waals surface area contributed by atoms with Gasteiger partial charge < -0.3 is 25.1 Å². The van der Waals surface area contributed by atoms with Crippen LogP contribution in [-0.2, 0) is 16.1 Å². The maximum absolute atomic E-state index is 13.4. The van der Waals surface area contributed by atoms with Crippen LogP contribution < -0.4 is 15.1 Å². The topological polar surface area (TPSA) is 149 Å². The zero-order valence-corrected chi connectivity index (χ0v) is 26.3. The summed E-state index contributed by atoms with van der Waals surface area (Å²) in [5.41, 5.74) is 4.23. The van der Waals surface area contributed by atoms with Crippen LogP contribution in [-0.4, -0.2) is 70.4 Å². The number of benzene rings is 3. The number of nitrogens with zero attached hydrogens (tertiary/aromatic N) is 5. The molecule has 1 aromatic heterocycles. The van der Waals surface area contributed by atoms with E-state index < -0.39 is 16.8 Å². The van der Waals surface area contributed by atoms with Crippen LogP contribution in [0.2, 0.25) is 0 Å². The minimum atomic E-state index is -0.945. The lowest BCUT2D eigenvalue weighted by atomic mass is 10.0. The molecule has 0 bridgehead atoms. The number of piperazine rings is 1. The SMILES string of the molecule is O=C(O)CCN(Cc1cccc(-c2ccc(N3CCN(c4ccccn4)CC3)c(NC(=O)c3ccc([N+](=O)[O-])cc3)c2)c1)C(=O)C1CC1. The van der Waals surface area contributed by atoms with Gasteiger partial charge in [-0.15, -0.1) is 0 Å². The molecule has 48 heavy (non-hydrogen) atoms. The highest BCUT2D eigenvalue weighted by molar-refractivity contribution is 6.06. The molecular weight excluding hydrogens is 612 g/mol. The van der Waals surface area contributed by atoms with E-state index in [2.05, 4.69) is 20.1 Å². The van der Waals surface area contributed by atoms with Gasteiger partial charge in [-0.1, -0.05) is 30.3 Å². The van der Waals surface area contributed by atoms with Gasteiger partial charge in [0, 0.05) is 69.1 Å². The Morgan fingerprint density at radius 1 is 0.896 bits per heavy atom. The van der Waals surface area contributed by atoms with E-state index in [0.717, 1.165) is 54.1 Å². The van der Waals surface area contributed by atoms with E-state index in [4.69, 9.17) is 0 Å². The minimum absolute atomic E-state index is 0.00890. The van der Waals surface area contributed by atoms with Crippen molar-refractivity contribution in [1.82, 2.24) is 9.88 Å². The van der Waals surface area contributed by atoms with E-state index in [1.165, 1.54) is 24.3 Å². The molecule has 12 heteroatoms. The smallest absolute Gasteiger partial charge is 0.305 e. The summed E-state index contributed by atoms with van der Waals surface area (Å²) < 4.78 is 0. The lowest BCUT2D eigenvalue weighted by Gasteiger charge is -2.37. The van der Waals surface area contributed by atoms with Crippen molar-refractivity contribution in [1.29, 1.82) is 0 Å². The van der Waals surface area contributed by atoms with Gasteiger partial charge in [0.15, 0.2) is 0 Å². The van der Waals surface area contributed by atoms with Gasteiger partial charge in [0.1, 0.15) is 5.82 Å². The van der Waals surface area contributed by atoms with Gasteiger partial charge in [-0.05, 0) is 72.0 Å². The molecule has 2 fully saturated rings. The highest BCUT2D eigenvalue weighted by Gasteiger charge is 2.33. The molecule has 0 spiro atoms. The van der Waals surface area contributed by atoms with Gasteiger partial charge in [-0.2, -0.15) is 0 Å². The Kier molecular flexibility index (Phi) is 9.60. The number of hydrogen-bond acceptors (Lipinski definition) is 8. The molecule has 1 aliphatic heterocycles. The molecule has 3 aromatic carbocycles. The van der Waals surface area contributed by atoms with Crippen LogP contribution in [0.25, 0.3) is 11.1 Å². The third kappa shape index (κ3) is 7.77. The summed E-state index contributed by atoms with van der Waals surface area (Å²) in [5, 5.41) is 23.4. The standard InChI is InChI=1S/C36H36N6O6/c43-34(44)15-17-41(36(46)27-7-8-27)24-25-4-3-5-28(22-25)29-11-14-32(39-18-20-40(21-19-39)33-6-1-2-16-37-33)31(23-29)38-35(45)26-9-12-30(13-10-26)42(47)48/h1-6,9-14,16,22-23,27H,7-8,15,17-21,24H2,(H,38,45)(H,43,44). The summed E-state index contributed by atoms with van der Waals surface area (Å²) in [5.74, 6) is -0.456. The molecule has 0 unspecified atom stereocenters. The van der Waals surface area contributed by atoms with Crippen molar-refractivity contribution in [2.75, 3.05) is 47.8 Å². The van der Waals surface area contributed by atoms with Crippen LogP contribution in [0.5, 0.6) is 0 Å². The van der Waals surface area contributed by atoms with Gasteiger partial charge in [-0.3, -0.25) is 24.5 Å². The molecule has 0 radical (unpaired) electrons. The number of hydrogen-bond donors (Lipinski definition) is 2. The van der Waals surface area contributed by atoms with Crippen molar-refractivity contribution in [3.8, 4) is 11.1 Å². The molecule has 4 aromatic rings. The van der Waals surface area contributed by atoms with Crippen LogP contribution in [0.4, 0.5) is 22.9 Å². The monoisotopic (exact) mass is 648 g/mol. The molecule has 0 atom stereocenters. The second kappa shape index (κ2) is 14.3. The zero-order chi connectivity index (χ0) is 33.6. The Labute approximate surface area is 277 Å². The number of aromatic nitrogens is 1. The average molecular weight is 649 g/mol. The minimum Gasteiger partial charge on any atom is -0.481 e. The number of anilines is 3. The first-order valence-corrected chi connectivity index (χ1v) is 16.0. The van der Waals surface area contributed by atoms with Crippen molar-refractivity contribution in [3.63, 3.8) is 0 Å². The lowest BCUT2D eigenvalue weighted by Crippen LogP contribution is -2.47. The molecule has 1 saturated heterocycles. The lowest BCUT2D eigenvalue weighted by molar-refractivity contribution is -0.384. The Morgan fingerprint density at radius 3 is 2.29 bits per heavy atom. The third-order valence-corrected chi connectivity index (χ3v) is 8.65. The fourth-order valence-corrected chi connectivity index (χ4v) is 5.89. The van der Waals surface area contributed by atoms with Crippen LogP contribution >= 0.6 is 0 Å². The van der Waals surface area contributed by atoms with Crippen molar-refractivity contribution in [2.45, 2.75) is 25.8 Å². The molecule has 12 nitrogen and oxygen atoms in total. The van der Waals surface area contributed by atoms with Gasteiger partial charge in [0.25, 0.3) is 11.6 Å². The molecule has 6 rings (SSSR count). The van der Waals surface area contributed by atoms with Crippen molar-refractivity contribution in [3.05, 3.63) is 112 Å². The predicted molar refractivity (Wildman–Crippen MR) is 182 cm³/mol. The van der Waals surface area contributed by atoms with Gasteiger partial charge >= 0.3 is 5.97 Å². The normalized spacial score (nSPS) is 14.3. The predicted octanol–water partition coefficient (Wildman–Crippen LogP) is 5.45. The first-order chi connectivity index (χ1) is 23.2. The summed E-state index contributed by atoms with van der Waals surface area (Å²) >= 11 is 0. The molecule has 246 valence electrons. The Morgan fingerprint density at radius 2 is 1.62 bits per heavy atom. The number of carboxylic acids is 1. The number of amides is 2. The van der Waals surface area contributed by atoms with Crippen molar-refractivity contribution >= 4 is 40.7 Å². The summed E-state index contributed by atoms with van der Waals surface area (Å²) in [6.45, 7) is 3.35. The number of aliphatic carboxylic acids is 1. The quantitative estimate of drug-likeness (QED) is 0.151. The summed E-state index contributed by atoms with van der Waals surface area (Å²) in [4.78, 5) is 58.8. The molecule has 2 heterocycles. The first-order valence-electron chi connectivity index (χ1n) is 16.0. The number of carboxylic acid groups (broad SMARTS) is 1. The molecule has 1 aliphatic carbocycles. The molecular formula is C36H36N6O6. The van der Waals surface area contributed by atoms with E-state index >= 15 is 0 Å². The second-order valence-electron chi connectivity index (χ2n) is 12.0. The Bertz CT molecular complexity index is 1800. The first kappa shape index (κ1) is 32.2. The molecule has 2 amide bonds. The van der Waals surface area contributed by atoms with Gasteiger partial charge in [-0.25, -0.2) is 4.98 Å². The maximum Gasteiger partial charge on any atom is 0.305 e. The fraction of sp³-hybridized carbons (Fsp3) is 0.278. The van der Waals surface area contributed by atoms with Crippen LogP contribution in [0.15, 0.2) is 91.1 Å². The number of rotatable bonds is 12. The van der Waals surface area contributed by atoms with E-state index in [-0.39, 0.29) is 30.5 Å². The number of nitro benzene ring substituents is 1. The Hall–Kier alpha value is -5.78. The highest BCUT2D eigenvalue weighted by atomic mass is 16.6. The summed E-state index contributed by atoms with van der Waals surface area (Å²) in [7, 11) is 0. The van der Waals surface area contributed by atoms with Crippen LogP contribution in [0.3, 0.4) is 0 Å². The van der Waals surface area contributed by atoms with Crippen molar-refractivity contribution < 1.29 is 24.4 Å². The molecule has 2 aliphatic rings. The summed E-state index contributed by atoms with van der Waals surface area (Å²) in [6, 6.07) is 25.0. The maximum atomic E-state index is 13.4. The van der Waals surface area contributed by atoms with E-state index in [0.29, 0.717) is 30.9 Å². The fourth-order valence-electron chi connectivity index (χ4n) is 5.89. The van der Waals surface area contributed by atoms with E-state index in [1.807, 2.05) is 60.7 Å². The average Bonchev–Trinajstić information content (AvgIpc) is 3.96. The molecule has 1 saturated carbocycles. The molecule has 2 N–H and O–H groups in total. The number of nitrogens with one attached hydrogen (secondary N) is 1. The largest absolute Gasteiger partial charge is 0.481 e. The van der Waals surface area contributed by atoms with Gasteiger partial charge in [0.2, 0.25) is 5.91 Å². The number of pyridine rings is 1. The Balaban J connectivity index is 1.26. The summed E-state index contributed by atoms with van der Waals surface area (Å²) in [6.07, 6.45) is 3.33. The van der Waals surface area contributed by atoms with Crippen molar-refractivity contribution in [2.24, 2.45) is 5.92 Å².